The Morgan fingerprint density at radius 1 is 0.692 bits per heavy atom. The Bertz CT molecular complexity index is 868. The third kappa shape index (κ3) is 5.21. The molecular formula is C21H20O3S2. The zero-order chi connectivity index (χ0) is 18.4. The van der Waals surface area contributed by atoms with Gasteiger partial charge in [0.05, 0.1) is 15.8 Å². The van der Waals surface area contributed by atoms with Gasteiger partial charge in [0.2, 0.25) is 0 Å². The van der Waals surface area contributed by atoms with Crippen LogP contribution in [0.4, 0.5) is 0 Å². The standard InChI is InChI=1S/C15H15S.C6H6O3S/c1-3-7-13(8-4-1)16(15-11-12-15)14-9-5-2-6-10-14;7-10(8,9)6-4-2-1-3-5-6/h1-10,15H,11-12H2;1-5H,(H,7,8,9)/q+1;/p-1. The Morgan fingerprint density at radius 2 is 1.08 bits per heavy atom. The van der Waals surface area contributed by atoms with Gasteiger partial charge in [-0.05, 0) is 36.4 Å². The van der Waals surface area contributed by atoms with Crippen LogP contribution in [0.5, 0.6) is 0 Å². The molecule has 134 valence electrons. The van der Waals surface area contributed by atoms with E-state index in [1.807, 2.05) is 0 Å². The second-order valence-electron chi connectivity index (χ2n) is 5.93. The summed E-state index contributed by atoms with van der Waals surface area (Å²) in [5.41, 5.74) is 0. The van der Waals surface area contributed by atoms with Crippen LogP contribution >= 0.6 is 0 Å². The summed E-state index contributed by atoms with van der Waals surface area (Å²) in [6.07, 6.45) is 2.79. The molecule has 0 radical (unpaired) electrons. The molecule has 0 aromatic heterocycles. The molecule has 0 atom stereocenters. The van der Waals surface area contributed by atoms with Crippen molar-refractivity contribution in [2.75, 3.05) is 0 Å². The number of benzene rings is 3. The van der Waals surface area contributed by atoms with Crippen LogP contribution in [0.3, 0.4) is 0 Å². The SMILES string of the molecule is O=S(=O)([O-])c1ccccc1.c1ccc([S+](c2ccccc2)C2CC2)cc1. The highest BCUT2D eigenvalue weighted by atomic mass is 32.2. The lowest BCUT2D eigenvalue weighted by Crippen LogP contribution is -2.08. The summed E-state index contributed by atoms with van der Waals surface area (Å²) >= 11 is 0. The summed E-state index contributed by atoms with van der Waals surface area (Å²) in [6, 6.07) is 29.1. The van der Waals surface area contributed by atoms with Crippen LogP contribution in [-0.4, -0.2) is 18.2 Å². The summed E-state index contributed by atoms with van der Waals surface area (Å²) in [6.45, 7) is 0. The topological polar surface area (TPSA) is 57.2 Å². The number of hydrogen-bond donors (Lipinski definition) is 0. The van der Waals surface area contributed by atoms with E-state index in [9.17, 15) is 13.0 Å². The van der Waals surface area contributed by atoms with E-state index in [0.29, 0.717) is 10.9 Å². The number of hydrogen-bond acceptors (Lipinski definition) is 3. The minimum absolute atomic E-state index is 0.185. The van der Waals surface area contributed by atoms with Gasteiger partial charge in [-0.1, -0.05) is 54.6 Å². The monoisotopic (exact) mass is 384 g/mol. The van der Waals surface area contributed by atoms with E-state index < -0.39 is 10.1 Å². The van der Waals surface area contributed by atoms with E-state index in [4.69, 9.17) is 0 Å². The van der Waals surface area contributed by atoms with Gasteiger partial charge in [0, 0.05) is 12.8 Å². The van der Waals surface area contributed by atoms with Gasteiger partial charge in [0.1, 0.15) is 15.4 Å². The Morgan fingerprint density at radius 3 is 1.38 bits per heavy atom. The molecule has 1 saturated carbocycles. The predicted molar refractivity (Wildman–Crippen MR) is 104 cm³/mol. The number of rotatable bonds is 4. The zero-order valence-corrected chi connectivity index (χ0v) is 15.8. The van der Waals surface area contributed by atoms with E-state index in [-0.39, 0.29) is 4.90 Å². The molecule has 3 aromatic rings. The van der Waals surface area contributed by atoms with Crippen LogP contribution in [0.1, 0.15) is 12.8 Å². The first kappa shape index (κ1) is 18.7. The Balaban J connectivity index is 0.000000170. The summed E-state index contributed by atoms with van der Waals surface area (Å²) in [7, 11) is -3.94. The molecule has 1 aliphatic rings. The molecule has 0 bridgehead atoms. The molecule has 0 spiro atoms. The molecule has 3 nitrogen and oxygen atoms in total. The Labute approximate surface area is 157 Å². The molecule has 3 aromatic carbocycles. The van der Waals surface area contributed by atoms with E-state index in [2.05, 4.69) is 60.7 Å². The van der Waals surface area contributed by atoms with Crippen molar-refractivity contribution in [3.63, 3.8) is 0 Å². The Kier molecular flexibility index (Phi) is 6.14. The summed E-state index contributed by atoms with van der Waals surface area (Å²) in [4.78, 5) is 2.81. The minimum Gasteiger partial charge on any atom is -0.744 e. The van der Waals surface area contributed by atoms with Crippen molar-refractivity contribution >= 4 is 21.0 Å². The van der Waals surface area contributed by atoms with Gasteiger partial charge in [0.25, 0.3) is 0 Å². The molecule has 1 aliphatic carbocycles. The van der Waals surface area contributed by atoms with Crippen LogP contribution in [0.2, 0.25) is 0 Å². The van der Waals surface area contributed by atoms with Crippen molar-refractivity contribution in [3.8, 4) is 0 Å². The third-order valence-electron chi connectivity index (χ3n) is 3.88. The fourth-order valence-corrected chi connectivity index (χ4v) is 5.59. The van der Waals surface area contributed by atoms with Gasteiger partial charge in [-0.15, -0.1) is 0 Å². The van der Waals surface area contributed by atoms with Crippen LogP contribution in [0.25, 0.3) is 0 Å². The predicted octanol–water partition coefficient (Wildman–Crippen LogP) is 4.48. The van der Waals surface area contributed by atoms with E-state index in [1.54, 1.807) is 6.07 Å². The lowest BCUT2D eigenvalue weighted by Gasteiger charge is -2.06. The summed E-state index contributed by atoms with van der Waals surface area (Å²) < 4.78 is 30.8. The van der Waals surface area contributed by atoms with Crippen molar-refractivity contribution in [1.29, 1.82) is 0 Å². The molecule has 0 saturated heterocycles. The van der Waals surface area contributed by atoms with Crippen LogP contribution in [0, 0.1) is 0 Å². The largest absolute Gasteiger partial charge is 0.744 e. The van der Waals surface area contributed by atoms with Crippen molar-refractivity contribution in [1.82, 2.24) is 0 Å². The van der Waals surface area contributed by atoms with E-state index in [1.165, 1.54) is 46.9 Å². The van der Waals surface area contributed by atoms with Crippen molar-refractivity contribution in [2.24, 2.45) is 0 Å². The highest BCUT2D eigenvalue weighted by Gasteiger charge is 2.43. The molecule has 26 heavy (non-hydrogen) atoms. The van der Waals surface area contributed by atoms with Crippen LogP contribution < -0.4 is 0 Å². The maximum absolute atomic E-state index is 10.3. The molecule has 0 unspecified atom stereocenters. The maximum Gasteiger partial charge on any atom is 0.160 e. The molecule has 0 heterocycles. The van der Waals surface area contributed by atoms with Crippen LogP contribution in [0.15, 0.2) is 106 Å². The average molecular weight is 385 g/mol. The van der Waals surface area contributed by atoms with Crippen LogP contribution in [-0.2, 0) is 21.0 Å². The van der Waals surface area contributed by atoms with Gasteiger partial charge in [-0.2, -0.15) is 0 Å². The lowest BCUT2D eigenvalue weighted by molar-refractivity contribution is 0.463. The summed E-state index contributed by atoms with van der Waals surface area (Å²) in [5, 5.41) is 0.893. The van der Waals surface area contributed by atoms with Gasteiger partial charge in [-0.25, -0.2) is 8.42 Å². The lowest BCUT2D eigenvalue weighted by atomic mass is 10.4. The first-order valence-electron chi connectivity index (χ1n) is 8.40. The fraction of sp³-hybridized carbons (Fsp3) is 0.143. The third-order valence-corrected chi connectivity index (χ3v) is 7.43. The first-order valence-corrected chi connectivity index (χ1v) is 11.1. The molecule has 1 fully saturated rings. The highest BCUT2D eigenvalue weighted by molar-refractivity contribution is 7.97. The molecular weight excluding hydrogens is 364 g/mol. The maximum atomic E-state index is 10.3. The highest BCUT2D eigenvalue weighted by Crippen LogP contribution is 2.39. The smallest absolute Gasteiger partial charge is 0.160 e. The summed E-state index contributed by atoms with van der Waals surface area (Å²) in [5.74, 6) is 0. The molecule has 4 rings (SSSR count). The van der Waals surface area contributed by atoms with Crippen molar-refractivity contribution < 1.29 is 13.0 Å². The minimum atomic E-state index is -4.25. The normalized spacial score (nSPS) is 13.8. The van der Waals surface area contributed by atoms with E-state index >= 15 is 0 Å². The Hall–Kier alpha value is -2.08. The van der Waals surface area contributed by atoms with Gasteiger partial charge >= 0.3 is 0 Å². The van der Waals surface area contributed by atoms with Gasteiger partial charge < -0.3 is 4.55 Å². The van der Waals surface area contributed by atoms with Crippen molar-refractivity contribution in [3.05, 3.63) is 91.0 Å². The van der Waals surface area contributed by atoms with Crippen molar-refractivity contribution in [2.45, 2.75) is 32.8 Å². The second-order valence-corrected chi connectivity index (χ2v) is 9.60. The molecule has 0 N–H and O–H groups in total. The molecule has 5 heteroatoms. The fourth-order valence-electron chi connectivity index (χ4n) is 2.55. The second kappa shape index (κ2) is 8.54. The van der Waals surface area contributed by atoms with Gasteiger partial charge in [-0.3, -0.25) is 0 Å². The molecule has 0 aliphatic heterocycles. The van der Waals surface area contributed by atoms with Gasteiger partial charge in [0.15, 0.2) is 9.79 Å². The first-order chi connectivity index (χ1) is 12.6. The average Bonchev–Trinajstić information content (AvgIpc) is 3.49. The molecule has 0 amide bonds. The zero-order valence-electron chi connectivity index (χ0n) is 14.2. The van der Waals surface area contributed by atoms with E-state index in [0.717, 1.165) is 5.25 Å². The quantitative estimate of drug-likeness (QED) is 0.492.